The first-order chi connectivity index (χ1) is 14.3. The van der Waals surface area contributed by atoms with Gasteiger partial charge >= 0.3 is 0 Å². The van der Waals surface area contributed by atoms with Gasteiger partial charge in [-0.3, -0.25) is 10.1 Å². The van der Waals surface area contributed by atoms with Crippen LogP contribution < -0.4 is 5.32 Å². The third-order valence-corrected chi connectivity index (χ3v) is 7.40. The van der Waals surface area contributed by atoms with Crippen LogP contribution >= 0.6 is 23.1 Å². The summed E-state index contributed by atoms with van der Waals surface area (Å²) >= 11 is 2.46. The van der Waals surface area contributed by atoms with Gasteiger partial charge in [0, 0.05) is 6.54 Å². The van der Waals surface area contributed by atoms with E-state index in [2.05, 4.69) is 32.3 Å². The summed E-state index contributed by atoms with van der Waals surface area (Å²) in [6.45, 7) is 7.56. The second-order valence-electron chi connectivity index (χ2n) is 6.25. The number of nitrogens with one attached hydrogen (secondary N) is 1. The normalized spacial score (nSPS) is 12.5. The average molecular weight is 465 g/mol. The Labute approximate surface area is 182 Å². The lowest BCUT2D eigenvalue weighted by molar-refractivity contribution is -0.115. The lowest BCUT2D eigenvalue weighted by Crippen LogP contribution is -2.23. The average Bonchev–Trinajstić information content (AvgIpc) is 3.29. The van der Waals surface area contributed by atoms with Crippen molar-refractivity contribution in [3.63, 3.8) is 0 Å². The first-order valence-electron chi connectivity index (χ1n) is 8.88. The standard InChI is InChI=1S/C18H20N6O3S3/c1-4-10-24-15(11-30(26,27)14-8-6-5-7-9-14)21-23-18(24)28-12(2)16(25)19-17-22-20-13(3)29-17/h4-9,12H,1,10-11H2,2-3H3,(H,19,22,25). The fourth-order valence-corrected chi connectivity index (χ4v) is 5.24. The number of nitrogens with zero attached hydrogens (tertiary/aromatic N) is 5. The van der Waals surface area contributed by atoms with Crippen LogP contribution in [-0.2, 0) is 26.9 Å². The molecule has 9 nitrogen and oxygen atoms in total. The van der Waals surface area contributed by atoms with Gasteiger partial charge in [-0.2, -0.15) is 0 Å². The Hall–Kier alpha value is -2.57. The van der Waals surface area contributed by atoms with Crippen LogP contribution in [0, 0.1) is 6.92 Å². The maximum absolute atomic E-state index is 12.7. The number of benzene rings is 1. The maximum atomic E-state index is 12.7. The van der Waals surface area contributed by atoms with Gasteiger partial charge in [0.05, 0.1) is 10.1 Å². The summed E-state index contributed by atoms with van der Waals surface area (Å²) in [6, 6.07) is 8.18. The van der Waals surface area contributed by atoms with Crippen molar-refractivity contribution in [2.45, 2.75) is 41.4 Å². The Morgan fingerprint density at radius 1 is 1.27 bits per heavy atom. The van der Waals surface area contributed by atoms with Crippen LogP contribution in [0.15, 0.2) is 53.0 Å². The van der Waals surface area contributed by atoms with Gasteiger partial charge in [0.2, 0.25) is 11.0 Å². The minimum absolute atomic E-state index is 0.215. The van der Waals surface area contributed by atoms with Crippen LogP contribution in [0.5, 0.6) is 0 Å². The predicted octanol–water partition coefficient (Wildman–Crippen LogP) is 2.72. The maximum Gasteiger partial charge on any atom is 0.239 e. The molecule has 1 atom stereocenters. The second kappa shape index (κ2) is 9.49. The molecule has 12 heteroatoms. The topological polar surface area (TPSA) is 120 Å². The highest BCUT2D eigenvalue weighted by molar-refractivity contribution is 8.00. The summed E-state index contributed by atoms with van der Waals surface area (Å²) in [4.78, 5) is 12.7. The molecule has 2 heterocycles. The summed E-state index contributed by atoms with van der Waals surface area (Å²) in [5.41, 5.74) is 0. The van der Waals surface area contributed by atoms with E-state index in [0.29, 0.717) is 16.8 Å². The highest BCUT2D eigenvalue weighted by atomic mass is 32.2. The van der Waals surface area contributed by atoms with Crippen molar-refractivity contribution in [2.75, 3.05) is 5.32 Å². The number of amides is 1. The van der Waals surface area contributed by atoms with E-state index in [0.717, 1.165) is 5.01 Å². The molecular weight excluding hydrogens is 444 g/mol. The number of hydrogen-bond acceptors (Lipinski definition) is 9. The largest absolute Gasteiger partial charge is 0.301 e. The van der Waals surface area contributed by atoms with E-state index < -0.39 is 15.1 Å². The lowest BCUT2D eigenvalue weighted by atomic mass is 10.4. The highest BCUT2D eigenvalue weighted by Crippen LogP contribution is 2.25. The second-order valence-corrected chi connectivity index (χ2v) is 10.7. The molecule has 3 rings (SSSR count). The molecular formula is C18H20N6O3S3. The Morgan fingerprint density at radius 2 is 2.00 bits per heavy atom. The number of allylic oxidation sites excluding steroid dienone is 1. The zero-order valence-corrected chi connectivity index (χ0v) is 18.8. The van der Waals surface area contributed by atoms with Gasteiger partial charge in [-0.25, -0.2) is 8.42 Å². The molecule has 0 bridgehead atoms. The summed E-state index contributed by atoms with van der Waals surface area (Å²) in [5, 5.41) is 19.7. The van der Waals surface area contributed by atoms with Crippen molar-refractivity contribution in [1.82, 2.24) is 25.0 Å². The smallest absolute Gasteiger partial charge is 0.239 e. The Bertz CT molecular complexity index is 1140. The fourth-order valence-electron chi connectivity index (χ4n) is 2.47. The molecule has 1 unspecified atom stereocenters. The summed E-state index contributed by atoms with van der Waals surface area (Å²) in [5.74, 6) is -0.278. The summed E-state index contributed by atoms with van der Waals surface area (Å²) in [7, 11) is -3.58. The first kappa shape index (κ1) is 22.1. The van der Waals surface area contributed by atoms with Gasteiger partial charge in [0.15, 0.2) is 15.0 Å². The van der Waals surface area contributed by atoms with Crippen molar-refractivity contribution >= 4 is 44.0 Å². The number of hydrogen-bond donors (Lipinski definition) is 1. The predicted molar refractivity (Wildman–Crippen MR) is 116 cm³/mol. The monoisotopic (exact) mass is 464 g/mol. The fraction of sp³-hybridized carbons (Fsp3) is 0.278. The molecule has 1 amide bonds. The van der Waals surface area contributed by atoms with Gasteiger partial charge in [0.1, 0.15) is 16.6 Å². The molecule has 0 aliphatic carbocycles. The first-order valence-corrected chi connectivity index (χ1v) is 12.2. The zero-order chi connectivity index (χ0) is 21.7. The third-order valence-electron chi connectivity index (χ3n) is 3.93. The van der Waals surface area contributed by atoms with Gasteiger partial charge < -0.3 is 4.57 Å². The van der Waals surface area contributed by atoms with E-state index in [1.54, 1.807) is 54.8 Å². The summed E-state index contributed by atoms with van der Waals surface area (Å²) in [6.07, 6.45) is 1.63. The quantitative estimate of drug-likeness (QED) is 0.379. The van der Waals surface area contributed by atoms with Gasteiger partial charge in [-0.1, -0.05) is 47.4 Å². The van der Waals surface area contributed by atoms with Crippen molar-refractivity contribution < 1.29 is 13.2 Å². The zero-order valence-electron chi connectivity index (χ0n) is 16.3. The SMILES string of the molecule is C=CCn1c(CS(=O)(=O)c2ccccc2)nnc1SC(C)C(=O)Nc1nnc(C)s1. The van der Waals surface area contributed by atoms with Crippen molar-refractivity contribution in [2.24, 2.45) is 0 Å². The van der Waals surface area contributed by atoms with Crippen LogP contribution in [0.2, 0.25) is 0 Å². The van der Waals surface area contributed by atoms with Gasteiger partial charge in [-0.15, -0.1) is 27.0 Å². The van der Waals surface area contributed by atoms with Crippen LogP contribution in [0.3, 0.4) is 0 Å². The minimum atomic E-state index is -3.58. The molecule has 0 aliphatic heterocycles. The number of carbonyl (C=O) groups excluding carboxylic acids is 1. The van der Waals surface area contributed by atoms with Crippen LogP contribution in [0.1, 0.15) is 17.8 Å². The Balaban J connectivity index is 1.76. The molecule has 158 valence electrons. The molecule has 0 aliphatic rings. The Kier molecular flexibility index (Phi) is 7.00. The van der Waals surface area contributed by atoms with Crippen LogP contribution in [-0.4, -0.2) is 44.5 Å². The molecule has 0 saturated heterocycles. The molecule has 1 aromatic carbocycles. The van der Waals surface area contributed by atoms with Crippen LogP contribution in [0.25, 0.3) is 0 Å². The van der Waals surface area contributed by atoms with Crippen molar-refractivity contribution in [1.29, 1.82) is 0 Å². The van der Waals surface area contributed by atoms with E-state index in [-0.39, 0.29) is 22.4 Å². The van der Waals surface area contributed by atoms with Gasteiger partial charge in [0.25, 0.3) is 0 Å². The number of anilines is 1. The van der Waals surface area contributed by atoms with Gasteiger partial charge in [-0.05, 0) is 26.0 Å². The number of sulfone groups is 1. The lowest BCUT2D eigenvalue weighted by Gasteiger charge is -2.12. The Morgan fingerprint density at radius 3 is 2.63 bits per heavy atom. The number of rotatable bonds is 9. The van der Waals surface area contributed by atoms with E-state index >= 15 is 0 Å². The molecule has 0 saturated carbocycles. The number of aromatic nitrogens is 5. The third kappa shape index (κ3) is 5.32. The molecule has 3 aromatic rings. The number of thioether (sulfide) groups is 1. The van der Waals surface area contributed by atoms with E-state index in [4.69, 9.17) is 0 Å². The number of aryl methyl sites for hydroxylation is 1. The van der Waals surface area contributed by atoms with E-state index in [1.165, 1.54) is 23.1 Å². The van der Waals surface area contributed by atoms with Crippen LogP contribution in [0.4, 0.5) is 5.13 Å². The van der Waals surface area contributed by atoms with E-state index in [9.17, 15) is 13.2 Å². The molecule has 1 N–H and O–H groups in total. The molecule has 0 fully saturated rings. The molecule has 2 aromatic heterocycles. The number of carbonyl (C=O) groups is 1. The summed E-state index contributed by atoms with van der Waals surface area (Å²) < 4.78 is 27.1. The molecule has 30 heavy (non-hydrogen) atoms. The van der Waals surface area contributed by atoms with Crippen molar-refractivity contribution in [3.05, 3.63) is 53.8 Å². The minimum Gasteiger partial charge on any atom is -0.301 e. The van der Waals surface area contributed by atoms with Crippen molar-refractivity contribution in [3.8, 4) is 0 Å². The van der Waals surface area contributed by atoms with E-state index in [1.807, 2.05) is 0 Å². The molecule has 0 spiro atoms. The molecule has 0 radical (unpaired) electrons. The highest BCUT2D eigenvalue weighted by Gasteiger charge is 2.24.